The van der Waals surface area contributed by atoms with E-state index in [-0.39, 0.29) is 11.9 Å². The average molecular weight is 468 g/mol. The number of benzene rings is 2. The highest BCUT2D eigenvalue weighted by molar-refractivity contribution is 7.12. The van der Waals surface area contributed by atoms with Crippen molar-refractivity contribution in [3.05, 3.63) is 100 Å². The molecule has 0 bridgehead atoms. The lowest BCUT2D eigenvalue weighted by Gasteiger charge is -2.37. The Hall–Kier alpha value is -3.73. The van der Waals surface area contributed by atoms with E-state index in [9.17, 15) is 10.1 Å². The minimum absolute atomic E-state index is 0.00691. The lowest BCUT2D eigenvalue weighted by Crippen LogP contribution is -2.47. The quantitative estimate of drug-likeness (QED) is 0.395. The molecule has 0 saturated carbocycles. The molecule has 34 heavy (non-hydrogen) atoms. The zero-order chi connectivity index (χ0) is 23.3. The number of nitriles is 1. The first kappa shape index (κ1) is 22.1. The van der Waals surface area contributed by atoms with Crippen LogP contribution in [0.15, 0.2) is 84.4 Å². The Kier molecular flexibility index (Phi) is 6.52. The average Bonchev–Trinajstić information content (AvgIpc) is 3.59. The maximum absolute atomic E-state index is 13.6. The van der Waals surface area contributed by atoms with Gasteiger partial charge in [0.25, 0.3) is 5.91 Å². The van der Waals surface area contributed by atoms with Crippen molar-refractivity contribution in [2.75, 3.05) is 18.0 Å². The third-order valence-electron chi connectivity index (χ3n) is 6.18. The van der Waals surface area contributed by atoms with E-state index in [1.165, 1.54) is 16.9 Å². The molecule has 5 rings (SSSR count). The molecule has 0 N–H and O–H groups in total. The number of nitrogens with zero attached hydrogens (tertiary/aromatic N) is 5. The van der Waals surface area contributed by atoms with Gasteiger partial charge >= 0.3 is 0 Å². The number of rotatable bonds is 6. The predicted molar refractivity (Wildman–Crippen MR) is 134 cm³/mol. The van der Waals surface area contributed by atoms with Gasteiger partial charge in [-0.15, -0.1) is 16.4 Å². The number of hydrogen-bond acceptors (Lipinski definition) is 5. The number of aromatic nitrogens is 2. The van der Waals surface area contributed by atoms with Crippen molar-refractivity contribution in [1.29, 1.82) is 5.26 Å². The van der Waals surface area contributed by atoms with Gasteiger partial charge in [-0.25, -0.2) is 4.68 Å². The molecule has 2 aromatic carbocycles. The van der Waals surface area contributed by atoms with Crippen LogP contribution in [0.5, 0.6) is 0 Å². The maximum Gasteiger partial charge on any atom is 0.269 e. The van der Waals surface area contributed by atoms with Gasteiger partial charge in [0.2, 0.25) is 0 Å². The van der Waals surface area contributed by atoms with Crippen molar-refractivity contribution in [3.8, 4) is 11.8 Å². The van der Waals surface area contributed by atoms with Crippen molar-refractivity contribution in [3.63, 3.8) is 0 Å². The Bertz CT molecular complexity index is 1280. The topological polar surface area (TPSA) is 65.2 Å². The van der Waals surface area contributed by atoms with Gasteiger partial charge in [0.15, 0.2) is 5.82 Å². The molecule has 170 valence electrons. The van der Waals surface area contributed by atoms with Gasteiger partial charge < -0.3 is 0 Å². The van der Waals surface area contributed by atoms with Gasteiger partial charge in [0.05, 0.1) is 22.2 Å². The highest BCUT2D eigenvalue weighted by Crippen LogP contribution is 2.27. The van der Waals surface area contributed by atoms with Gasteiger partial charge in [-0.05, 0) is 48.1 Å². The highest BCUT2D eigenvalue weighted by Gasteiger charge is 2.31. The second kappa shape index (κ2) is 10.0. The van der Waals surface area contributed by atoms with E-state index in [2.05, 4.69) is 35.2 Å². The highest BCUT2D eigenvalue weighted by atomic mass is 32.1. The van der Waals surface area contributed by atoms with Crippen LogP contribution < -0.4 is 4.90 Å². The monoisotopic (exact) mass is 467 g/mol. The third-order valence-corrected chi connectivity index (χ3v) is 7.04. The minimum atomic E-state index is -0.00691. The van der Waals surface area contributed by atoms with E-state index in [0.717, 1.165) is 38.2 Å². The Labute approximate surface area is 203 Å². The fourth-order valence-corrected chi connectivity index (χ4v) is 5.12. The van der Waals surface area contributed by atoms with E-state index in [1.54, 1.807) is 16.8 Å². The van der Waals surface area contributed by atoms with Gasteiger partial charge in [-0.1, -0.05) is 42.5 Å². The largest absolute Gasteiger partial charge is 0.299 e. The second-order valence-corrected chi connectivity index (χ2v) is 9.37. The number of hydrogen-bond donors (Lipinski definition) is 0. The molecule has 0 unspecified atom stereocenters. The first-order valence-electron chi connectivity index (χ1n) is 11.4. The summed E-state index contributed by atoms with van der Waals surface area (Å²) in [6.45, 7) is 2.79. The molecule has 0 aliphatic carbocycles. The summed E-state index contributed by atoms with van der Waals surface area (Å²) in [7, 11) is 0. The Morgan fingerprint density at radius 2 is 1.88 bits per heavy atom. The Balaban J connectivity index is 1.37. The molecular formula is C27H25N5OS. The molecule has 1 aliphatic rings. The number of carbonyl (C=O) groups excluding carboxylic acids is 1. The summed E-state index contributed by atoms with van der Waals surface area (Å²) >= 11 is 1.46. The number of likely N-dealkylation sites (tertiary alicyclic amines) is 1. The van der Waals surface area contributed by atoms with Crippen LogP contribution in [0.25, 0.3) is 5.69 Å². The number of anilines is 1. The molecule has 6 nitrogen and oxygen atoms in total. The molecule has 7 heteroatoms. The van der Waals surface area contributed by atoms with E-state index >= 15 is 0 Å². The maximum atomic E-state index is 13.6. The van der Waals surface area contributed by atoms with Crippen LogP contribution in [0, 0.1) is 11.3 Å². The Morgan fingerprint density at radius 1 is 1.06 bits per heavy atom. The van der Waals surface area contributed by atoms with Crippen molar-refractivity contribution in [2.45, 2.75) is 25.4 Å². The number of piperidine rings is 1. The lowest BCUT2D eigenvalue weighted by atomic mass is 10.0. The summed E-state index contributed by atoms with van der Waals surface area (Å²) in [5, 5.41) is 15.9. The molecule has 2 aromatic heterocycles. The van der Waals surface area contributed by atoms with Gasteiger partial charge in [-0.3, -0.25) is 14.6 Å². The molecule has 1 saturated heterocycles. The van der Waals surface area contributed by atoms with Crippen LogP contribution in [-0.2, 0) is 6.54 Å². The van der Waals surface area contributed by atoms with Crippen LogP contribution in [-0.4, -0.2) is 39.7 Å². The molecule has 0 spiro atoms. The fraction of sp³-hybridized carbons (Fsp3) is 0.222. The molecule has 1 amide bonds. The molecule has 4 aromatic rings. The number of amides is 1. The smallest absolute Gasteiger partial charge is 0.269 e. The van der Waals surface area contributed by atoms with E-state index in [0.29, 0.717) is 16.3 Å². The van der Waals surface area contributed by atoms with Crippen LogP contribution in [0.3, 0.4) is 0 Å². The predicted octanol–water partition coefficient (Wildman–Crippen LogP) is 5.12. The fourth-order valence-electron chi connectivity index (χ4n) is 4.46. The van der Waals surface area contributed by atoms with E-state index in [1.807, 2.05) is 52.9 Å². The number of thiophene rings is 1. The summed E-state index contributed by atoms with van der Waals surface area (Å²) in [4.78, 5) is 18.6. The first-order valence-corrected chi connectivity index (χ1v) is 12.3. The van der Waals surface area contributed by atoms with Crippen molar-refractivity contribution in [2.24, 2.45) is 0 Å². The number of carbonyl (C=O) groups is 1. The van der Waals surface area contributed by atoms with Crippen LogP contribution in [0.4, 0.5) is 5.82 Å². The van der Waals surface area contributed by atoms with Crippen LogP contribution in [0.1, 0.15) is 33.6 Å². The third kappa shape index (κ3) is 4.79. The zero-order valence-electron chi connectivity index (χ0n) is 18.7. The second-order valence-electron chi connectivity index (χ2n) is 8.43. The van der Waals surface area contributed by atoms with E-state index in [4.69, 9.17) is 5.10 Å². The van der Waals surface area contributed by atoms with Crippen LogP contribution >= 0.6 is 11.3 Å². The molecular weight excluding hydrogens is 442 g/mol. The molecule has 0 atom stereocenters. The zero-order valence-corrected chi connectivity index (χ0v) is 19.6. The normalized spacial score (nSPS) is 14.6. The summed E-state index contributed by atoms with van der Waals surface area (Å²) in [5.74, 6) is 0.634. The molecule has 1 aliphatic heterocycles. The van der Waals surface area contributed by atoms with Gasteiger partial charge in [0, 0.05) is 37.9 Å². The van der Waals surface area contributed by atoms with Crippen LogP contribution in [0.2, 0.25) is 0 Å². The van der Waals surface area contributed by atoms with Crippen molar-refractivity contribution < 1.29 is 4.79 Å². The van der Waals surface area contributed by atoms with Gasteiger partial charge in [0.1, 0.15) is 0 Å². The summed E-state index contributed by atoms with van der Waals surface area (Å²) < 4.78 is 1.73. The summed E-state index contributed by atoms with van der Waals surface area (Å²) in [5.41, 5.74) is 2.68. The van der Waals surface area contributed by atoms with Crippen molar-refractivity contribution in [1.82, 2.24) is 14.7 Å². The lowest BCUT2D eigenvalue weighted by molar-refractivity contribution is 0.0961. The Morgan fingerprint density at radius 3 is 2.62 bits per heavy atom. The van der Waals surface area contributed by atoms with E-state index < -0.39 is 0 Å². The summed E-state index contributed by atoms with van der Waals surface area (Å²) in [6, 6.07) is 25.7. The van der Waals surface area contributed by atoms with Gasteiger partial charge in [-0.2, -0.15) is 5.26 Å². The SMILES string of the molecule is N#Cc1cccc(-n2ccc(N(C(=O)c3cccs3)C3CCN(Cc4ccccc4)CC3)n2)c1. The molecule has 0 radical (unpaired) electrons. The molecule has 1 fully saturated rings. The minimum Gasteiger partial charge on any atom is -0.299 e. The standard InChI is InChI=1S/C27H25N5OS/c28-19-22-8-4-9-24(18-22)31-16-13-26(29-31)32(27(33)25-10-5-17-34-25)23-11-14-30(15-12-23)20-21-6-2-1-3-7-21/h1-10,13,16-18,23H,11-12,14-15,20H2. The summed E-state index contributed by atoms with van der Waals surface area (Å²) in [6.07, 6.45) is 3.63. The molecule has 3 heterocycles. The van der Waals surface area contributed by atoms with Crippen molar-refractivity contribution >= 4 is 23.1 Å². The first-order chi connectivity index (χ1) is 16.7.